The Labute approximate surface area is 83.5 Å². The summed E-state index contributed by atoms with van der Waals surface area (Å²) in [6.07, 6.45) is 5.36. The number of hydrogen-bond acceptors (Lipinski definition) is 3. The van der Waals surface area contributed by atoms with E-state index in [0.717, 1.165) is 24.9 Å². The van der Waals surface area contributed by atoms with Crippen LogP contribution in [0.15, 0.2) is 24.5 Å². The summed E-state index contributed by atoms with van der Waals surface area (Å²) in [6, 6.07) is 3.58. The molecule has 1 heterocycles. The molecule has 74 valence electrons. The first-order valence-electron chi connectivity index (χ1n) is 4.88. The second kappa shape index (κ2) is 3.50. The fourth-order valence-electron chi connectivity index (χ4n) is 1.78. The number of Topliss-reactive ketones (excluding diaryl/α,β-unsaturated/α-hetero) is 1. The molecule has 3 heteroatoms. The van der Waals surface area contributed by atoms with E-state index in [-0.39, 0.29) is 11.2 Å². The lowest BCUT2D eigenvalue weighted by Crippen LogP contribution is -2.27. The van der Waals surface area contributed by atoms with Crippen LogP contribution in [0.1, 0.15) is 23.2 Å². The van der Waals surface area contributed by atoms with Crippen molar-refractivity contribution in [1.29, 1.82) is 0 Å². The van der Waals surface area contributed by atoms with Gasteiger partial charge in [-0.2, -0.15) is 0 Å². The first kappa shape index (κ1) is 9.34. The van der Waals surface area contributed by atoms with Crippen LogP contribution in [0.25, 0.3) is 0 Å². The molecule has 0 bridgehead atoms. The summed E-state index contributed by atoms with van der Waals surface area (Å²) in [4.78, 5) is 16.0. The molecule has 1 saturated carbocycles. The minimum Gasteiger partial charge on any atom is -0.319 e. The Morgan fingerprint density at radius 3 is 2.64 bits per heavy atom. The van der Waals surface area contributed by atoms with Crippen molar-refractivity contribution in [2.75, 3.05) is 13.6 Å². The molecule has 1 aliphatic carbocycles. The van der Waals surface area contributed by atoms with Crippen LogP contribution in [-0.4, -0.2) is 24.4 Å². The summed E-state index contributed by atoms with van der Waals surface area (Å²) < 4.78 is 0. The molecule has 2 rings (SSSR count). The molecule has 0 spiro atoms. The molecular formula is C11H14N2O. The molecule has 0 aliphatic heterocycles. The Bertz CT molecular complexity index is 330. The standard InChI is InChI=1S/C11H14N2O/c1-12-8-11(4-5-11)10(14)9-2-6-13-7-3-9/h2-3,6-7,12H,4-5,8H2,1H3. The summed E-state index contributed by atoms with van der Waals surface area (Å²) in [6.45, 7) is 0.786. The maximum atomic E-state index is 12.1. The van der Waals surface area contributed by atoms with Gasteiger partial charge in [0.25, 0.3) is 0 Å². The van der Waals surface area contributed by atoms with Crippen LogP contribution in [0.2, 0.25) is 0 Å². The van der Waals surface area contributed by atoms with E-state index in [1.54, 1.807) is 24.5 Å². The van der Waals surface area contributed by atoms with Crippen molar-refractivity contribution in [1.82, 2.24) is 10.3 Å². The molecule has 1 fully saturated rings. The van der Waals surface area contributed by atoms with Gasteiger partial charge in [-0.05, 0) is 32.0 Å². The fraction of sp³-hybridized carbons (Fsp3) is 0.455. The summed E-state index contributed by atoms with van der Waals surface area (Å²) >= 11 is 0. The predicted octanol–water partition coefficient (Wildman–Crippen LogP) is 1.26. The van der Waals surface area contributed by atoms with Crippen molar-refractivity contribution in [3.05, 3.63) is 30.1 Å². The Hall–Kier alpha value is -1.22. The molecule has 0 saturated heterocycles. The average Bonchev–Trinajstić information content (AvgIpc) is 3.00. The lowest BCUT2D eigenvalue weighted by atomic mass is 9.95. The smallest absolute Gasteiger partial charge is 0.170 e. The zero-order chi connectivity index (χ0) is 10.0. The number of nitrogens with one attached hydrogen (secondary N) is 1. The molecule has 1 aromatic heterocycles. The summed E-state index contributed by atoms with van der Waals surface area (Å²) in [5.74, 6) is 0.259. The van der Waals surface area contributed by atoms with Crippen LogP contribution >= 0.6 is 0 Å². The maximum absolute atomic E-state index is 12.1. The lowest BCUT2D eigenvalue weighted by Gasteiger charge is -2.12. The summed E-state index contributed by atoms with van der Waals surface area (Å²) in [5.41, 5.74) is 0.670. The first-order valence-corrected chi connectivity index (χ1v) is 4.88. The Kier molecular flexibility index (Phi) is 2.33. The quantitative estimate of drug-likeness (QED) is 0.727. The zero-order valence-corrected chi connectivity index (χ0v) is 8.29. The molecule has 0 aromatic carbocycles. The number of hydrogen-bond donors (Lipinski definition) is 1. The highest BCUT2D eigenvalue weighted by molar-refractivity contribution is 6.02. The number of carbonyl (C=O) groups is 1. The third kappa shape index (κ3) is 1.55. The van der Waals surface area contributed by atoms with Gasteiger partial charge in [-0.15, -0.1) is 0 Å². The van der Waals surface area contributed by atoms with Gasteiger partial charge < -0.3 is 5.32 Å². The zero-order valence-electron chi connectivity index (χ0n) is 8.29. The van der Waals surface area contributed by atoms with Gasteiger partial charge in [0.2, 0.25) is 0 Å². The van der Waals surface area contributed by atoms with E-state index >= 15 is 0 Å². The van der Waals surface area contributed by atoms with Crippen molar-refractivity contribution in [3.63, 3.8) is 0 Å². The van der Waals surface area contributed by atoms with Gasteiger partial charge in [0.1, 0.15) is 0 Å². The topological polar surface area (TPSA) is 42.0 Å². The van der Waals surface area contributed by atoms with Gasteiger partial charge in [0.15, 0.2) is 5.78 Å². The predicted molar refractivity (Wildman–Crippen MR) is 54.2 cm³/mol. The van der Waals surface area contributed by atoms with Crippen LogP contribution < -0.4 is 5.32 Å². The fourth-order valence-corrected chi connectivity index (χ4v) is 1.78. The van der Waals surface area contributed by atoms with Crippen molar-refractivity contribution in [3.8, 4) is 0 Å². The Morgan fingerprint density at radius 1 is 1.50 bits per heavy atom. The van der Waals surface area contributed by atoms with Gasteiger partial charge >= 0.3 is 0 Å². The summed E-state index contributed by atoms with van der Waals surface area (Å²) in [5, 5.41) is 3.08. The molecule has 1 N–H and O–H groups in total. The number of carbonyl (C=O) groups excluding carboxylic acids is 1. The number of pyridine rings is 1. The molecule has 0 atom stereocenters. The number of ketones is 1. The minimum absolute atomic E-state index is 0.115. The SMILES string of the molecule is CNCC1(C(=O)c2ccncc2)CC1. The maximum Gasteiger partial charge on any atom is 0.170 e. The molecule has 1 aliphatic rings. The average molecular weight is 190 g/mol. The Morgan fingerprint density at radius 2 is 2.14 bits per heavy atom. The van der Waals surface area contributed by atoms with E-state index in [2.05, 4.69) is 10.3 Å². The second-order valence-corrected chi connectivity index (χ2v) is 3.88. The van der Waals surface area contributed by atoms with Crippen molar-refractivity contribution in [2.45, 2.75) is 12.8 Å². The Balaban J connectivity index is 2.17. The van der Waals surface area contributed by atoms with Gasteiger partial charge in [0, 0.05) is 29.9 Å². The van der Waals surface area contributed by atoms with Crippen LogP contribution in [0.4, 0.5) is 0 Å². The number of nitrogens with zero attached hydrogens (tertiary/aromatic N) is 1. The third-order valence-electron chi connectivity index (χ3n) is 2.79. The number of rotatable bonds is 4. The first-order chi connectivity index (χ1) is 6.78. The van der Waals surface area contributed by atoms with Crippen LogP contribution in [0, 0.1) is 5.41 Å². The minimum atomic E-state index is -0.115. The third-order valence-corrected chi connectivity index (χ3v) is 2.79. The molecule has 1 aromatic rings. The molecule has 3 nitrogen and oxygen atoms in total. The largest absolute Gasteiger partial charge is 0.319 e. The number of aromatic nitrogens is 1. The van der Waals surface area contributed by atoms with Crippen LogP contribution in [-0.2, 0) is 0 Å². The van der Waals surface area contributed by atoms with E-state index in [1.165, 1.54) is 0 Å². The monoisotopic (exact) mass is 190 g/mol. The van der Waals surface area contributed by atoms with Gasteiger partial charge in [-0.1, -0.05) is 0 Å². The molecule has 0 unspecified atom stereocenters. The summed E-state index contributed by atoms with van der Waals surface area (Å²) in [7, 11) is 1.89. The lowest BCUT2D eigenvalue weighted by molar-refractivity contribution is 0.0900. The van der Waals surface area contributed by atoms with Crippen molar-refractivity contribution < 1.29 is 4.79 Å². The van der Waals surface area contributed by atoms with Gasteiger partial charge in [-0.25, -0.2) is 0 Å². The normalized spacial score (nSPS) is 17.8. The van der Waals surface area contributed by atoms with Crippen LogP contribution in [0.5, 0.6) is 0 Å². The second-order valence-electron chi connectivity index (χ2n) is 3.88. The van der Waals surface area contributed by atoms with E-state index in [1.807, 2.05) is 7.05 Å². The van der Waals surface area contributed by atoms with E-state index in [9.17, 15) is 4.79 Å². The highest BCUT2D eigenvalue weighted by Gasteiger charge is 2.48. The van der Waals surface area contributed by atoms with Crippen molar-refractivity contribution >= 4 is 5.78 Å². The highest BCUT2D eigenvalue weighted by Crippen LogP contribution is 2.47. The highest BCUT2D eigenvalue weighted by atomic mass is 16.1. The molecule has 0 amide bonds. The van der Waals surface area contributed by atoms with E-state index < -0.39 is 0 Å². The molecule has 0 radical (unpaired) electrons. The van der Waals surface area contributed by atoms with E-state index in [0.29, 0.717) is 0 Å². The molecular weight excluding hydrogens is 176 g/mol. The van der Waals surface area contributed by atoms with Gasteiger partial charge in [0.05, 0.1) is 0 Å². The van der Waals surface area contributed by atoms with Crippen LogP contribution in [0.3, 0.4) is 0 Å². The molecule has 14 heavy (non-hydrogen) atoms. The van der Waals surface area contributed by atoms with Gasteiger partial charge in [-0.3, -0.25) is 9.78 Å². The van der Waals surface area contributed by atoms with Crippen molar-refractivity contribution in [2.24, 2.45) is 5.41 Å². The van der Waals surface area contributed by atoms with E-state index in [4.69, 9.17) is 0 Å².